The number of carbonyl (C=O) groups is 1. The lowest BCUT2D eigenvalue weighted by molar-refractivity contribution is -0.128. The first-order valence-electron chi connectivity index (χ1n) is 4.98. The van der Waals surface area contributed by atoms with Gasteiger partial charge in [-0.2, -0.15) is 12.6 Å². The topological polar surface area (TPSA) is 33.2 Å². The number of rotatable bonds is 3. The van der Waals surface area contributed by atoms with E-state index in [0.29, 0.717) is 18.9 Å². The van der Waals surface area contributed by atoms with Crippen LogP contribution < -0.4 is 0 Å². The minimum absolute atomic E-state index is 0.238. The minimum Gasteiger partial charge on any atom is -0.336 e. The summed E-state index contributed by atoms with van der Waals surface area (Å²) in [6, 6.07) is 0. The summed E-state index contributed by atoms with van der Waals surface area (Å²) >= 11 is 5.86. The average Bonchev–Trinajstić information content (AvgIpc) is 2.75. The Morgan fingerprint density at radius 1 is 1.73 bits per heavy atom. The van der Waals surface area contributed by atoms with Crippen molar-refractivity contribution in [2.45, 2.75) is 19.9 Å². The Bertz CT molecular complexity index is 364. The van der Waals surface area contributed by atoms with E-state index in [1.54, 1.807) is 11.3 Å². The van der Waals surface area contributed by atoms with Gasteiger partial charge in [0.25, 0.3) is 0 Å². The summed E-state index contributed by atoms with van der Waals surface area (Å²) in [5, 5.41) is 3.05. The van der Waals surface area contributed by atoms with Crippen molar-refractivity contribution in [2.24, 2.45) is 5.92 Å². The van der Waals surface area contributed by atoms with Crippen LogP contribution >= 0.6 is 24.0 Å². The smallest absolute Gasteiger partial charge is 0.223 e. The summed E-state index contributed by atoms with van der Waals surface area (Å²) in [6.45, 7) is 3.48. The molecule has 1 amide bonds. The van der Waals surface area contributed by atoms with Crippen molar-refractivity contribution in [3.8, 4) is 0 Å². The summed E-state index contributed by atoms with van der Waals surface area (Å²) in [6.07, 6.45) is 0.647. The predicted molar refractivity (Wildman–Crippen MR) is 64.2 cm³/mol. The van der Waals surface area contributed by atoms with Gasteiger partial charge < -0.3 is 4.90 Å². The van der Waals surface area contributed by atoms with Crippen LogP contribution in [0.4, 0.5) is 0 Å². The van der Waals surface area contributed by atoms with E-state index >= 15 is 0 Å². The molecule has 1 atom stereocenters. The molecule has 0 radical (unpaired) electrons. The molecule has 0 bridgehead atoms. The fourth-order valence-electron chi connectivity index (χ4n) is 1.77. The van der Waals surface area contributed by atoms with Gasteiger partial charge in [0.15, 0.2) is 0 Å². The van der Waals surface area contributed by atoms with E-state index in [2.05, 4.69) is 17.6 Å². The molecule has 1 aliphatic heterocycles. The second kappa shape index (κ2) is 4.53. The Morgan fingerprint density at radius 3 is 3.07 bits per heavy atom. The SMILES string of the molecule is Cc1csc(CN2CC(CS)CC2=O)n1. The van der Waals surface area contributed by atoms with Crippen LogP contribution in [0, 0.1) is 12.8 Å². The Kier molecular flexibility index (Phi) is 3.31. The Labute approximate surface area is 98.9 Å². The number of aryl methyl sites for hydroxylation is 1. The fourth-order valence-corrected chi connectivity index (χ4v) is 2.80. The molecular weight excluding hydrogens is 228 g/mol. The number of aromatic nitrogens is 1. The number of thiazole rings is 1. The maximum absolute atomic E-state index is 11.6. The molecular formula is C10H14N2OS2. The first-order valence-corrected chi connectivity index (χ1v) is 6.50. The summed E-state index contributed by atoms with van der Waals surface area (Å²) < 4.78 is 0. The summed E-state index contributed by atoms with van der Waals surface area (Å²) in [5.41, 5.74) is 1.03. The van der Waals surface area contributed by atoms with Crippen LogP contribution in [-0.4, -0.2) is 28.1 Å². The number of likely N-dealkylation sites (tertiary alicyclic amines) is 1. The number of hydrogen-bond acceptors (Lipinski definition) is 4. The molecule has 82 valence electrons. The van der Waals surface area contributed by atoms with E-state index < -0.39 is 0 Å². The van der Waals surface area contributed by atoms with E-state index in [1.165, 1.54) is 0 Å². The summed E-state index contributed by atoms with van der Waals surface area (Å²) in [7, 11) is 0. The number of thiol groups is 1. The van der Waals surface area contributed by atoms with Crippen molar-refractivity contribution >= 4 is 29.9 Å². The largest absolute Gasteiger partial charge is 0.336 e. The molecule has 0 aliphatic carbocycles. The van der Waals surface area contributed by atoms with Gasteiger partial charge in [0.05, 0.1) is 6.54 Å². The third-order valence-corrected chi connectivity index (χ3v) is 4.01. The molecule has 0 aromatic carbocycles. The first kappa shape index (κ1) is 11.0. The molecule has 15 heavy (non-hydrogen) atoms. The zero-order valence-corrected chi connectivity index (χ0v) is 10.4. The molecule has 1 aromatic rings. The number of nitrogens with zero attached hydrogens (tertiary/aromatic N) is 2. The van der Waals surface area contributed by atoms with Gasteiger partial charge in [-0.1, -0.05) is 0 Å². The Morgan fingerprint density at radius 2 is 2.53 bits per heavy atom. The minimum atomic E-state index is 0.238. The van der Waals surface area contributed by atoms with Gasteiger partial charge >= 0.3 is 0 Å². The van der Waals surface area contributed by atoms with Gasteiger partial charge in [0, 0.05) is 24.0 Å². The third-order valence-electron chi connectivity index (χ3n) is 2.55. The lowest BCUT2D eigenvalue weighted by Crippen LogP contribution is -2.24. The Balaban J connectivity index is 1.98. The average molecular weight is 242 g/mol. The highest BCUT2D eigenvalue weighted by Crippen LogP contribution is 2.22. The predicted octanol–water partition coefficient (Wildman–Crippen LogP) is 1.73. The second-order valence-electron chi connectivity index (χ2n) is 3.91. The molecule has 5 heteroatoms. The van der Waals surface area contributed by atoms with E-state index in [9.17, 15) is 4.79 Å². The van der Waals surface area contributed by atoms with E-state index in [4.69, 9.17) is 0 Å². The van der Waals surface area contributed by atoms with E-state index in [1.807, 2.05) is 17.2 Å². The normalized spacial score (nSPS) is 21.3. The molecule has 0 saturated carbocycles. The second-order valence-corrected chi connectivity index (χ2v) is 5.22. The van der Waals surface area contributed by atoms with E-state index in [-0.39, 0.29) is 5.91 Å². The van der Waals surface area contributed by atoms with Crippen LogP contribution in [0.5, 0.6) is 0 Å². The van der Waals surface area contributed by atoms with E-state index in [0.717, 1.165) is 23.0 Å². The number of carbonyl (C=O) groups excluding carboxylic acids is 1. The molecule has 1 aromatic heterocycles. The lowest BCUT2D eigenvalue weighted by atomic mass is 10.1. The van der Waals surface area contributed by atoms with Gasteiger partial charge in [-0.25, -0.2) is 4.98 Å². The van der Waals surface area contributed by atoms with Crippen molar-refractivity contribution in [1.82, 2.24) is 9.88 Å². The first-order chi connectivity index (χ1) is 7.19. The van der Waals surface area contributed by atoms with Crippen molar-refractivity contribution < 1.29 is 4.79 Å². The molecule has 1 unspecified atom stereocenters. The third kappa shape index (κ3) is 2.52. The van der Waals surface area contributed by atoms with Crippen molar-refractivity contribution in [3.05, 3.63) is 16.1 Å². The molecule has 2 rings (SSSR count). The van der Waals surface area contributed by atoms with Crippen LogP contribution in [0.1, 0.15) is 17.1 Å². The molecule has 0 spiro atoms. The summed E-state index contributed by atoms with van der Waals surface area (Å²) in [5.74, 6) is 1.45. The monoisotopic (exact) mass is 242 g/mol. The van der Waals surface area contributed by atoms with Crippen LogP contribution in [-0.2, 0) is 11.3 Å². The highest BCUT2D eigenvalue weighted by molar-refractivity contribution is 7.80. The maximum atomic E-state index is 11.6. The lowest BCUT2D eigenvalue weighted by Gasteiger charge is -2.14. The van der Waals surface area contributed by atoms with Crippen molar-refractivity contribution in [3.63, 3.8) is 0 Å². The van der Waals surface area contributed by atoms with Crippen LogP contribution in [0.15, 0.2) is 5.38 Å². The molecule has 0 N–H and O–H groups in total. The van der Waals surface area contributed by atoms with Gasteiger partial charge in [0.1, 0.15) is 5.01 Å². The standard InChI is InChI=1S/C10H14N2OS2/c1-7-6-15-9(11-7)4-12-3-8(5-14)2-10(12)13/h6,8,14H,2-5H2,1H3. The quantitative estimate of drug-likeness (QED) is 0.819. The molecule has 1 aliphatic rings. The highest BCUT2D eigenvalue weighted by atomic mass is 32.1. The van der Waals surface area contributed by atoms with Crippen molar-refractivity contribution in [1.29, 1.82) is 0 Å². The number of amides is 1. The maximum Gasteiger partial charge on any atom is 0.223 e. The van der Waals surface area contributed by atoms with Crippen LogP contribution in [0.2, 0.25) is 0 Å². The zero-order chi connectivity index (χ0) is 10.8. The highest BCUT2D eigenvalue weighted by Gasteiger charge is 2.28. The van der Waals surface area contributed by atoms with Gasteiger partial charge in [0.2, 0.25) is 5.91 Å². The van der Waals surface area contributed by atoms with Crippen LogP contribution in [0.3, 0.4) is 0 Å². The molecule has 3 nitrogen and oxygen atoms in total. The molecule has 1 saturated heterocycles. The zero-order valence-electron chi connectivity index (χ0n) is 8.64. The summed E-state index contributed by atoms with van der Waals surface area (Å²) in [4.78, 5) is 17.9. The number of hydrogen-bond donors (Lipinski definition) is 1. The molecule has 2 heterocycles. The van der Waals surface area contributed by atoms with Gasteiger partial charge in [-0.05, 0) is 18.6 Å². The van der Waals surface area contributed by atoms with Crippen LogP contribution in [0.25, 0.3) is 0 Å². The Hall–Kier alpha value is -0.550. The fraction of sp³-hybridized carbons (Fsp3) is 0.600. The van der Waals surface area contributed by atoms with Gasteiger partial charge in [-0.15, -0.1) is 11.3 Å². The molecule has 1 fully saturated rings. The van der Waals surface area contributed by atoms with Crippen molar-refractivity contribution in [2.75, 3.05) is 12.3 Å². The van der Waals surface area contributed by atoms with Gasteiger partial charge in [-0.3, -0.25) is 4.79 Å².